The van der Waals surface area contributed by atoms with Gasteiger partial charge < -0.3 is 9.88 Å². The van der Waals surface area contributed by atoms with Crippen molar-refractivity contribution >= 4 is 5.91 Å². The summed E-state index contributed by atoms with van der Waals surface area (Å²) < 4.78 is 2.03. The summed E-state index contributed by atoms with van der Waals surface area (Å²) in [4.78, 5) is 12.4. The van der Waals surface area contributed by atoms with Crippen LogP contribution in [0, 0.1) is 17.3 Å². The van der Waals surface area contributed by atoms with Crippen molar-refractivity contribution < 1.29 is 4.79 Å². The van der Waals surface area contributed by atoms with Gasteiger partial charge in [0.1, 0.15) is 0 Å². The monoisotopic (exact) mass is 250 g/mol. The molecule has 0 aliphatic carbocycles. The van der Waals surface area contributed by atoms with Crippen LogP contribution < -0.4 is 5.32 Å². The maximum Gasteiger partial charge on any atom is 0.226 e. The summed E-state index contributed by atoms with van der Waals surface area (Å²) in [5, 5.41) is 3.07. The fraction of sp³-hybridized carbons (Fsp3) is 0.667. The lowest BCUT2D eigenvalue weighted by Gasteiger charge is -2.36. The van der Waals surface area contributed by atoms with Gasteiger partial charge in [-0.2, -0.15) is 0 Å². The molecule has 0 bridgehead atoms. The van der Waals surface area contributed by atoms with Gasteiger partial charge in [-0.05, 0) is 24.0 Å². The lowest BCUT2D eigenvalue weighted by atomic mass is 9.70. The number of nitrogens with one attached hydrogen (secondary N) is 1. The third-order valence-electron chi connectivity index (χ3n) is 4.37. The molecule has 18 heavy (non-hydrogen) atoms. The number of carbonyl (C=O) groups is 1. The number of rotatable bonds is 5. The highest BCUT2D eigenvalue weighted by Gasteiger charge is 2.39. The second-order valence-electron chi connectivity index (χ2n) is 5.89. The average molecular weight is 250 g/mol. The van der Waals surface area contributed by atoms with Gasteiger partial charge in [-0.3, -0.25) is 4.79 Å². The topological polar surface area (TPSA) is 34.0 Å². The first-order chi connectivity index (χ1) is 8.30. The van der Waals surface area contributed by atoms with Crippen LogP contribution >= 0.6 is 0 Å². The first-order valence-corrected chi connectivity index (χ1v) is 6.68. The molecule has 0 aliphatic rings. The van der Waals surface area contributed by atoms with Crippen molar-refractivity contribution in [2.24, 2.45) is 24.3 Å². The molecule has 0 saturated carbocycles. The molecule has 0 radical (unpaired) electrons. The molecule has 0 atom stereocenters. The largest absolute Gasteiger partial charge is 0.353 e. The van der Waals surface area contributed by atoms with Crippen molar-refractivity contribution in [1.82, 2.24) is 9.88 Å². The Kier molecular flexibility index (Phi) is 4.60. The number of hydrogen-bond donors (Lipinski definition) is 1. The summed E-state index contributed by atoms with van der Waals surface area (Å²) in [6.45, 7) is 11.1. The SMILES string of the molecule is CC(C)C(C)(C(=O)NCc1cccn1C)C(C)C. The lowest BCUT2D eigenvalue weighted by Crippen LogP contribution is -2.45. The van der Waals surface area contributed by atoms with Crippen LogP contribution in [0.1, 0.15) is 40.3 Å². The Balaban J connectivity index is 2.72. The predicted molar refractivity (Wildman–Crippen MR) is 75.0 cm³/mol. The number of carbonyl (C=O) groups excluding carboxylic acids is 1. The molecule has 1 N–H and O–H groups in total. The van der Waals surface area contributed by atoms with E-state index in [1.54, 1.807) is 0 Å². The molecular formula is C15H26N2O. The van der Waals surface area contributed by atoms with Gasteiger partial charge in [-0.15, -0.1) is 0 Å². The molecule has 1 aromatic rings. The Bertz CT molecular complexity index is 396. The Morgan fingerprint density at radius 2 is 1.89 bits per heavy atom. The minimum atomic E-state index is -0.314. The van der Waals surface area contributed by atoms with Gasteiger partial charge in [-0.25, -0.2) is 0 Å². The molecule has 102 valence electrons. The highest BCUT2D eigenvalue weighted by Crippen LogP contribution is 2.35. The van der Waals surface area contributed by atoms with E-state index in [1.807, 2.05) is 29.9 Å². The Labute approximate surface area is 111 Å². The van der Waals surface area contributed by atoms with Crippen LogP contribution in [0.3, 0.4) is 0 Å². The first-order valence-electron chi connectivity index (χ1n) is 6.68. The highest BCUT2D eigenvalue weighted by atomic mass is 16.2. The molecule has 0 saturated heterocycles. The number of aryl methyl sites for hydroxylation is 1. The lowest BCUT2D eigenvalue weighted by molar-refractivity contribution is -0.135. The molecule has 0 unspecified atom stereocenters. The van der Waals surface area contributed by atoms with Gasteiger partial charge in [-0.1, -0.05) is 34.6 Å². The molecule has 1 amide bonds. The van der Waals surface area contributed by atoms with Crippen LogP contribution in [0.2, 0.25) is 0 Å². The average Bonchev–Trinajstić information content (AvgIpc) is 2.69. The quantitative estimate of drug-likeness (QED) is 0.856. The van der Waals surface area contributed by atoms with Gasteiger partial charge in [0.15, 0.2) is 0 Å². The van der Waals surface area contributed by atoms with Gasteiger partial charge >= 0.3 is 0 Å². The molecule has 1 rings (SSSR count). The molecule has 1 heterocycles. The molecule has 3 nitrogen and oxygen atoms in total. The Hall–Kier alpha value is -1.25. The zero-order chi connectivity index (χ0) is 13.9. The molecule has 1 aromatic heterocycles. The Morgan fingerprint density at radius 1 is 1.33 bits per heavy atom. The van der Waals surface area contributed by atoms with Crippen LogP contribution in [0.25, 0.3) is 0 Å². The van der Waals surface area contributed by atoms with Gasteiger partial charge in [0.2, 0.25) is 5.91 Å². The maximum absolute atomic E-state index is 12.4. The van der Waals surface area contributed by atoms with Gasteiger partial charge in [0, 0.05) is 18.9 Å². The fourth-order valence-electron chi connectivity index (χ4n) is 2.23. The predicted octanol–water partition coefficient (Wildman–Crippen LogP) is 2.96. The van der Waals surface area contributed by atoms with Crippen molar-refractivity contribution in [3.8, 4) is 0 Å². The van der Waals surface area contributed by atoms with E-state index in [0.717, 1.165) is 5.69 Å². The smallest absolute Gasteiger partial charge is 0.226 e. The van der Waals surface area contributed by atoms with E-state index in [4.69, 9.17) is 0 Å². The molecule has 0 spiro atoms. The third-order valence-corrected chi connectivity index (χ3v) is 4.37. The van der Waals surface area contributed by atoms with Crippen LogP contribution in [-0.4, -0.2) is 10.5 Å². The van der Waals surface area contributed by atoms with E-state index in [9.17, 15) is 4.79 Å². The molecule has 0 aliphatic heterocycles. The van der Waals surface area contributed by atoms with E-state index in [2.05, 4.69) is 39.9 Å². The van der Waals surface area contributed by atoms with Crippen molar-refractivity contribution in [3.05, 3.63) is 24.0 Å². The van der Waals surface area contributed by atoms with Crippen LogP contribution in [-0.2, 0) is 18.4 Å². The second-order valence-corrected chi connectivity index (χ2v) is 5.89. The second kappa shape index (κ2) is 5.59. The highest BCUT2D eigenvalue weighted by molar-refractivity contribution is 5.82. The van der Waals surface area contributed by atoms with Crippen molar-refractivity contribution in [2.75, 3.05) is 0 Å². The Morgan fingerprint density at radius 3 is 2.28 bits per heavy atom. The van der Waals surface area contributed by atoms with Crippen LogP contribution in [0.15, 0.2) is 18.3 Å². The number of aromatic nitrogens is 1. The molecule has 0 fully saturated rings. The number of hydrogen-bond acceptors (Lipinski definition) is 1. The van der Waals surface area contributed by atoms with E-state index in [0.29, 0.717) is 18.4 Å². The van der Waals surface area contributed by atoms with E-state index < -0.39 is 0 Å². The fourth-order valence-corrected chi connectivity index (χ4v) is 2.23. The summed E-state index contributed by atoms with van der Waals surface area (Å²) >= 11 is 0. The van der Waals surface area contributed by atoms with Gasteiger partial charge in [0.25, 0.3) is 0 Å². The molecular weight excluding hydrogens is 224 g/mol. The summed E-state index contributed by atoms with van der Waals surface area (Å²) in [5.74, 6) is 0.797. The summed E-state index contributed by atoms with van der Waals surface area (Å²) in [7, 11) is 1.99. The number of nitrogens with zero attached hydrogens (tertiary/aromatic N) is 1. The van der Waals surface area contributed by atoms with Crippen molar-refractivity contribution in [1.29, 1.82) is 0 Å². The molecule has 3 heteroatoms. The zero-order valence-electron chi connectivity index (χ0n) is 12.4. The maximum atomic E-state index is 12.4. The van der Waals surface area contributed by atoms with Crippen LogP contribution in [0.4, 0.5) is 0 Å². The summed E-state index contributed by atoms with van der Waals surface area (Å²) in [6.07, 6.45) is 1.99. The van der Waals surface area contributed by atoms with Crippen molar-refractivity contribution in [2.45, 2.75) is 41.2 Å². The first kappa shape index (κ1) is 14.8. The summed E-state index contributed by atoms with van der Waals surface area (Å²) in [5.41, 5.74) is 0.809. The van der Waals surface area contributed by atoms with E-state index >= 15 is 0 Å². The normalized spacial score (nSPS) is 12.2. The van der Waals surface area contributed by atoms with Crippen molar-refractivity contribution in [3.63, 3.8) is 0 Å². The molecule has 0 aromatic carbocycles. The number of amides is 1. The standard InChI is InChI=1S/C15H26N2O/c1-11(2)15(5,12(3)4)14(18)16-10-13-8-7-9-17(13)6/h7-9,11-12H,10H2,1-6H3,(H,16,18). The minimum absolute atomic E-state index is 0.147. The van der Waals surface area contributed by atoms with Crippen LogP contribution in [0.5, 0.6) is 0 Å². The van der Waals surface area contributed by atoms with E-state index in [1.165, 1.54) is 0 Å². The zero-order valence-corrected chi connectivity index (χ0v) is 12.4. The third kappa shape index (κ3) is 2.77. The van der Waals surface area contributed by atoms with E-state index in [-0.39, 0.29) is 11.3 Å². The minimum Gasteiger partial charge on any atom is -0.353 e. The van der Waals surface area contributed by atoms with Gasteiger partial charge in [0.05, 0.1) is 12.0 Å². The summed E-state index contributed by atoms with van der Waals surface area (Å²) in [6, 6.07) is 4.02.